The number of anilines is 1. The van der Waals surface area contributed by atoms with Crippen LogP contribution in [0.4, 0.5) is 5.00 Å². The van der Waals surface area contributed by atoms with Crippen LogP contribution in [0.25, 0.3) is 33.2 Å². The second-order valence-corrected chi connectivity index (χ2v) is 9.06. The van der Waals surface area contributed by atoms with Gasteiger partial charge in [-0.2, -0.15) is 0 Å². The number of thioether (sulfide) groups is 1. The van der Waals surface area contributed by atoms with Gasteiger partial charge >= 0.3 is 5.97 Å². The highest BCUT2D eigenvalue weighted by molar-refractivity contribution is 7.99. The van der Waals surface area contributed by atoms with Gasteiger partial charge in [-0.05, 0) is 18.6 Å². The van der Waals surface area contributed by atoms with E-state index in [9.17, 15) is 9.59 Å². The lowest BCUT2D eigenvalue weighted by Gasteiger charge is -2.08. The number of para-hydroxylation sites is 1. The van der Waals surface area contributed by atoms with E-state index in [-0.39, 0.29) is 18.3 Å². The molecule has 0 saturated heterocycles. The summed E-state index contributed by atoms with van der Waals surface area (Å²) >= 11 is 2.46. The zero-order chi connectivity index (χ0) is 23.5. The summed E-state index contributed by atoms with van der Waals surface area (Å²) in [6, 6.07) is 17.3. The third-order valence-electron chi connectivity index (χ3n) is 5.04. The molecule has 10 heteroatoms. The topological polar surface area (TPSA) is 110 Å². The summed E-state index contributed by atoms with van der Waals surface area (Å²) < 4.78 is 5.25. The number of nitrogens with zero attached hydrogens (tertiary/aromatic N) is 3. The molecular formula is C24H19N5O3S2. The zero-order valence-corrected chi connectivity index (χ0v) is 19.7. The number of carbonyl (C=O) groups excluding carboxylic acids is 2. The maximum Gasteiger partial charge on any atom is 0.341 e. The van der Waals surface area contributed by atoms with Gasteiger partial charge in [-0.3, -0.25) is 4.79 Å². The fourth-order valence-electron chi connectivity index (χ4n) is 3.55. The lowest BCUT2D eigenvalue weighted by molar-refractivity contribution is -0.113. The molecule has 5 rings (SSSR count). The van der Waals surface area contributed by atoms with Crippen LogP contribution in [-0.2, 0) is 9.53 Å². The second kappa shape index (κ2) is 9.62. The van der Waals surface area contributed by atoms with Crippen molar-refractivity contribution < 1.29 is 14.3 Å². The maximum absolute atomic E-state index is 12.7. The van der Waals surface area contributed by atoms with Gasteiger partial charge in [0.05, 0.1) is 12.4 Å². The summed E-state index contributed by atoms with van der Waals surface area (Å²) in [7, 11) is 0. The Bertz CT molecular complexity index is 1500. The molecule has 3 aromatic heterocycles. The molecule has 0 radical (unpaired) electrons. The van der Waals surface area contributed by atoms with Crippen LogP contribution in [-0.4, -0.2) is 44.4 Å². The van der Waals surface area contributed by atoms with Crippen molar-refractivity contribution in [3.8, 4) is 11.1 Å². The predicted octanol–water partition coefficient (Wildman–Crippen LogP) is 5.14. The minimum atomic E-state index is -0.470. The van der Waals surface area contributed by atoms with Crippen molar-refractivity contribution >= 4 is 62.0 Å². The monoisotopic (exact) mass is 489 g/mol. The first-order valence-electron chi connectivity index (χ1n) is 10.5. The molecule has 5 aromatic rings. The molecule has 0 atom stereocenters. The summed E-state index contributed by atoms with van der Waals surface area (Å²) in [4.78, 5) is 33.1. The van der Waals surface area contributed by atoms with Crippen LogP contribution in [0.1, 0.15) is 17.3 Å². The quantitative estimate of drug-likeness (QED) is 0.240. The van der Waals surface area contributed by atoms with E-state index in [1.807, 2.05) is 60.0 Å². The number of thiophene rings is 1. The molecular weight excluding hydrogens is 470 g/mol. The van der Waals surface area contributed by atoms with Crippen LogP contribution in [0.5, 0.6) is 0 Å². The van der Waals surface area contributed by atoms with E-state index in [1.165, 1.54) is 23.1 Å². The number of aromatic amines is 1. The van der Waals surface area contributed by atoms with Crippen molar-refractivity contribution in [1.82, 2.24) is 20.2 Å². The molecule has 8 nitrogen and oxygen atoms in total. The first-order valence-corrected chi connectivity index (χ1v) is 12.4. The number of benzene rings is 2. The first-order chi connectivity index (χ1) is 16.6. The summed E-state index contributed by atoms with van der Waals surface area (Å²) in [5, 5.41) is 14.9. The van der Waals surface area contributed by atoms with Gasteiger partial charge in [0, 0.05) is 21.8 Å². The first kappa shape index (κ1) is 22.1. The lowest BCUT2D eigenvalue weighted by atomic mass is 10.0. The number of esters is 1. The molecule has 0 unspecified atom stereocenters. The van der Waals surface area contributed by atoms with Gasteiger partial charge < -0.3 is 15.0 Å². The molecule has 0 aliphatic carbocycles. The average Bonchev–Trinajstić information content (AvgIpc) is 3.44. The molecule has 170 valence electrons. The van der Waals surface area contributed by atoms with Gasteiger partial charge in [-0.1, -0.05) is 60.3 Å². The Kier molecular flexibility index (Phi) is 6.24. The third-order valence-corrected chi connectivity index (χ3v) is 6.78. The number of hydrogen-bond acceptors (Lipinski definition) is 8. The number of carbonyl (C=O) groups is 2. The van der Waals surface area contributed by atoms with Crippen LogP contribution < -0.4 is 5.32 Å². The van der Waals surface area contributed by atoms with Gasteiger partial charge in [0.15, 0.2) is 5.65 Å². The number of rotatable bonds is 7. The molecule has 0 saturated carbocycles. The third kappa shape index (κ3) is 4.37. The van der Waals surface area contributed by atoms with Gasteiger partial charge in [0.1, 0.15) is 16.1 Å². The Morgan fingerprint density at radius 2 is 1.88 bits per heavy atom. The van der Waals surface area contributed by atoms with E-state index in [0.29, 0.717) is 26.9 Å². The van der Waals surface area contributed by atoms with Gasteiger partial charge in [-0.25, -0.2) is 9.78 Å². The lowest BCUT2D eigenvalue weighted by Crippen LogP contribution is -2.16. The predicted molar refractivity (Wildman–Crippen MR) is 134 cm³/mol. The van der Waals surface area contributed by atoms with Crippen molar-refractivity contribution in [3.63, 3.8) is 0 Å². The SMILES string of the molecule is CCOC(=O)c1c(-c2ccccc2)csc1NC(=O)CSc1nnc2c(n1)[nH]c1ccccc12. The number of fused-ring (bicyclic) bond motifs is 3. The van der Waals surface area contributed by atoms with Crippen LogP contribution in [0, 0.1) is 0 Å². The highest BCUT2D eigenvalue weighted by Gasteiger charge is 2.23. The number of hydrogen-bond donors (Lipinski definition) is 2. The van der Waals surface area contributed by atoms with E-state index in [4.69, 9.17) is 4.74 Å². The second-order valence-electron chi connectivity index (χ2n) is 7.24. The summed E-state index contributed by atoms with van der Waals surface area (Å²) in [6.45, 7) is 1.99. The smallest absolute Gasteiger partial charge is 0.341 e. The minimum Gasteiger partial charge on any atom is -0.462 e. The Morgan fingerprint density at radius 1 is 1.09 bits per heavy atom. The van der Waals surface area contributed by atoms with Crippen molar-refractivity contribution in [2.24, 2.45) is 0 Å². The van der Waals surface area contributed by atoms with Crippen molar-refractivity contribution in [2.45, 2.75) is 12.1 Å². The molecule has 1 amide bonds. The summed E-state index contributed by atoms with van der Waals surface area (Å²) in [5.74, 6) is -0.687. The molecule has 0 bridgehead atoms. The van der Waals surface area contributed by atoms with Crippen LogP contribution in [0.2, 0.25) is 0 Å². The minimum absolute atomic E-state index is 0.0637. The Labute approximate surface area is 202 Å². The standard InChI is InChI=1S/C24H19N5O3S2/c1-2-32-23(31)19-16(14-8-4-3-5-9-14)12-33-22(19)26-18(30)13-34-24-27-21-20(28-29-24)15-10-6-7-11-17(15)25-21/h3-12H,2,13H2,1H3,(H,26,30)(H,25,27,29). The van der Waals surface area contributed by atoms with E-state index in [0.717, 1.165) is 22.0 Å². The van der Waals surface area contributed by atoms with Crippen LogP contribution in [0.3, 0.4) is 0 Å². The molecule has 0 aliphatic heterocycles. The van der Waals surface area contributed by atoms with E-state index >= 15 is 0 Å². The molecule has 34 heavy (non-hydrogen) atoms. The van der Waals surface area contributed by atoms with E-state index in [2.05, 4.69) is 25.5 Å². The highest BCUT2D eigenvalue weighted by atomic mass is 32.2. The molecule has 0 aliphatic rings. The van der Waals surface area contributed by atoms with Crippen LogP contribution in [0.15, 0.2) is 65.1 Å². The largest absolute Gasteiger partial charge is 0.462 e. The number of aromatic nitrogens is 4. The summed E-state index contributed by atoms with van der Waals surface area (Å²) in [5.41, 5.74) is 4.20. The normalized spacial score (nSPS) is 11.1. The molecule has 0 fully saturated rings. The molecule has 0 spiro atoms. The Morgan fingerprint density at radius 3 is 2.71 bits per heavy atom. The fraction of sp³-hybridized carbons (Fsp3) is 0.125. The molecule has 2 N–H and O–H groups in total. The molecule has 3 heterocycles. The Hall–Kier alpha value is -3.76. The van der Waals surface area contributed by atoms with Crippen LogP contribution >= 0.6 is 23.1 Å². The molecule has 2 aromatic carbocycles. The maximum atomic E-state index is 12.7. The van der Waals surface area contributed by atoms with Crippen molar-refractivity contribution in [2.75, 3.05) is 17.7 Å². The average molecular weight is 490 g/mol. The highest BCUT2D eigenvalue weighted by Crippen LogP contribution is 2.36. The van der Waals surface area contributed by atoms with Gasteiger partial charge in [-0.15, -0.1) is 21.5 Å². The number of ether oxygens (including phenoxy) is 1. The number of H-pyrrole nitrogens is 1. The van der Waals surface area contributed by atoms with E-state index < -0.39 is 5.97 Å². The number of nitrogens with one attached hydrogen (secondary N) is 2. The van der Waals surface area contributed by atoms with Crippen molar-refractivity contribution in [3.05, 3.63) is 65.5 Å². The fourth-order valence-corrected chi connectivity index (χ4v) is 5.11. The summed E-state index contributed by atoms with van der Waals surface area (Å²) in [6.07, 6.45) is 0. The zero-order valence-electron chi connectivity index (χ0n) is 18.1. The van der Waals surface area contributed by atoms with E-state index in [1.54, 1.807) is 6.92 Å². The number of amides is 1. The van der Waals surface area contributed by atoms with Gasteiger partial charge in [0.25, 0.3) is 0 Å². The Balaban J connectivity index is 1.33. The van der Waals surface area contributed by atoms with Crippen molar-refractivity contribution in [1.29, 1.82) is 0 Å². The van der Waals surface area contributed by atoms with Gasteiger partial charge in [0.2, 0.25) is 11.1 Å².